The van der Waals surface area contributed by atoms with Crippen LogP contribution in [0.25, 0.3) is 0 Å². The summed E-state index contributed by atoms with van der Waals surface area (Å²) >= 11 is 0. The molecule has 3 heteroatoms. The summed E-state index contributed by atoms with van der Waals surface area (Å²) in [7, 11) is 0. The lowest BCUT2D eigenvalue weighted by Gasteiger charge is -2.05. The van der Waals surface area contributed by atoms with Crippen LogP contribution in [-0.4, -0.2) is 4.98 Å². The van der Waals surface area contributed by atoms with E-state index in [2.05, 4.69) is 34.6 Å². The molecule has 0 radical (unpaired) electrons. The second kappa shape index (κ2) is 6.13. The summed E-state index contributed by atoms with van der Waals surface area (Å²) in [5.41, 5.74) is 9.25. The summed E-state index contributed by atoms with van der Waals surface area (Å²) in [5, 5.41) is 3.40. The number of rotatable bonds is 5. The molecule has 1 aromatic heterocycles. The van der Waals surface area contributed by atoms with Crippen LogP contribution in [0, 0.1) is 0 Å². The van der Waals surface area contributed by atoms with Gasteiger partial charge in [0.05, 0.1) is 0 Å². The van der Waals surface area contributed by atoms with Crippen molar-refractivity contribution in [3.8, 4) is 0 Å². The minimum atomic E-state index is 0.602. The Labute approximate surface area is 102 Å². The molecule has 88 valence electrons. The zero-order valence-electron chi connectivity index (χ0n) is 9.76. The van der Waals surface area contributed by atoms with Crippen LogP contribution >= 0.6 is 0 Å². The predicted molar refractivity (Wildman–Crippen MR) is 69.1 cm³/mol. The number of hydrogen-bond donors (Lipinski definition) is 2. The van der Waals surface area contributed by atoms with Gasteiger partial charge in [-0.25, -0.2) is 0 Å². The van der Waals surface area contributed by atoms with E-state index in [4.69, 9.17) is 5.73 Å². The van der Waals surface area contributed by atoms with Crippen molar-refractivity contribution in [3.63, 3.8) is 0 Å². The van der Waals surface area contributed by atoms with E-state index in [0.717, 1.165) is 13.1 Å². The highest BCUT2D eigenvalue weighted by Crippen LogP contribution is 2.04. The summed E-state index contributed by atoms with van der Waals surface area (Å²) in [6.07, 6.45) is 3.63. The van der Waals surface area contributed by atoms with Gasteiger partial charge in [0.15, 0.2) is 0 Å². The SMILES string of the molecule is NCc1ccc(CNCc2ccncc2)cc1. The van der Waals surface area contributed by atoms with Crippen LogP contribution in [0.2, 0.25) is 0 Å². The van der Waals surface area contributed by atoms with Gasteiger partial charge in [0.1, 0.15) is 0 Å². The number of benzene rings is 1. The van der Waals surface area contributed by atoms with Crippen molar-refractivity contribution in [1.82, 2.24) is 10.3 Å². The number of aromatic nitrogens is 1. The maximum Gasteiger partial charge on any atom is 0.0271 e. The van der Waals surface area contributed by atoms with E-state index in [1.165, 1.54) is 16.7 Å². The Kier molecular flexibility index (Phi) is 4.24. The van der Waals surface area contributed by atoms with Crippen LogP contribution in [0.5, 0.6) is 0 Å². The molecule has 0 atom stereocenters. The fourth-order valence-corrected chi connectivity index (χ4v) is 1.65. The maximum atomic E-state index is 5.55. The Morgan fingerprint density at radius 2 is 1.35 bits per heavy atom. The molecule has 1 heterocycles. The summed E-state index contributed by atoms with van der Waals surface area (Å²) in [5.74, 6) is 0. The van der Waals surface area contributed by atoms with Crippen LogP contribution in [0.15, 0.2) is 48.8 Å². The molecule has 0 aliphatic heterocycles. The highest BCUT2D eigenvalue weighted by atomic mass is 14.8. The Balaban J connectivity index is 1.82. The van der Waals surface area contributed by atoms with E-state index in [-0.39, 0.29) is 0 Å². The van der Waals surface area contributed by atoms with Gasteiger partial charge in [-0.15, -0.1) is 0 Å². The molecular weight excluding hydrogens is 210 g/mol. The van der Waals surface area contributed by atoms with Crippen molar-refractivity contribution in [3.05, 3.63) is 65.5 Å². The summed E-state index contributed by atoms with van der Waals surface area (Å²) in [4.78, 5) is 3.99. The predicted octanol–water partition coefficient (Wildman–Crippen LogP) is 1.83. The fraction of sp³-hybridized carbons (Fsp3) is 0.214. The second-order valence-electron chi connectivity index (χ2n) is 3.98. The Hall–Kier alpha value is -1.71. The molecule has 0 fully saturated rings. The third kappa shape index (κ3) is 3.66. The molecule has 0 bridgehead atoms. The molecule has 2 rings (SSSR count). The molecule has 0 unspecified atom stereocenters. The average molecular weight is 227 g/mol. The molecule has 2 aromatic rings. The molecule has 0 aliphatic rings. The van der Waals surface area contributed by atoms with Gasteiger partial charge in [-0.2, -0.15) is 0 Å². The molecule has 0 saturated carbocycles. The molecule has 3 N–H and O–H groups in total. The monoisotopic (exact) mass is 227 g/mol. The Morgan fingerprint density at radius 3 is 1.94 bits per heavy atom. The second-order valence-corrected chi connectivity index (χ2v) is 3.98. The summed E-state index contributed by atoms with van der Waals surface area (Å²) in [6, 6.07) is 12.4. The number of nitrogens with zero attached hydrogens (tertiary/aromatic N) is 1. The molecule has 3 nitrogen and oxygen atoms in total. The van der Waals surface area contributed by atoms with Gasteiger partial charge in [-0.3, -0.25) is 4.98 Å². The third-order valence-corrected chi connectivity index (χ3v) is 2.67. The third-order valence-electron chi connectivity index (χ3n) is 2.67. The van der Waals surface area contributed by atoms with E-state index in [9.17, 15) is 0 Å². The highest BCUT2D eigenvalue weighted by Gasteiger charge is 1.94. The average Bonchev–Trinajstić information content (AvgIpc) is 2.41. The van der Waals surface area contributed by atoms with Crippen molar-refractivity contribution in [2.45, 2.75) is 19.6 Å². The van der Waals surface area contributed by atoms with E-state index >= 15 is 0 Å². The Morgan fingerprint density at radius 1 is 0.824 bits per heavy atom. The zero-order valence-corrected chi connectivity index (χ0v) is 9.76. The lowest BCUT2D eigenvalue weighted by molar-refractivity contribution is 0.692. The van der Waals surface area contributed by atoms with Crippen molar-refractivity contribution < 1.29 is 0 Å². The zero-order chi connectivity index (χ0) is 11.9. The van der Waals surface area contributed by atoms with Crippen LogP contribution in [0.4, 0.5) is 0 Å². The number of nitrogens with two attached hydrogens (primary N) is 1. The van der Waals surface area contributed by atoms with Gasteiger partial charge < -0.3 is 11.1 Å². The highest BCUT2D eigenvalue weighted by molar-refractivity contribution is 5.22. The normalized spacial score (nSPS) is 10.4. The Bertz CT molecular complexity index is 437. The number of nitrogens with one attached hydrogen (secondary N) is 1. The molecule has 1 aromatic carbocycles. The minimum absolute atomic E-state index is 0.602. The minimum Gasteiger partial charge on any atom is -0.326 e. The van der Waals surface area contributed by atoms with Gasteiger partial charge in [0.25, 0.3) is 0 Å². The molecular formula is C14H17N3. The topological polar surface area (TPSA) is 50.9 Å². The molecule has 0 saturated heterocycles. The van der Waals surface area contributed by atoms with Gasteiger partial charge in [0, 0.05) is 32.0 Å². The first-order valence-electron chi connectivity index (χ1n) is 5.76. The molecule has 0 amide bonds. The fourth-order valence-electron chi connectivity index (χ4n) is 1.65. The smallest absolute Gasteiger partial charge is 0.0271 e. The standard InChI is InChI=1S/C14H17N3/c15-9-12-1-3-13(4-2-12)10-17-11-14-5-7-16-8-6-14/h1-8,17H,9-11,15H2. The number of pyridine rings is 1. The van der Waals surface area contributed by atoms with E-state index < -0.39 is 0 Å². The molecule has 17 heavy (non-hydrogen) atoms. The van der Waals surface area contributed by atoms with Crippen molar-refractivity contribution in [1.29, 1.82) is 0 Å². The molecule has 0 spiro atoms. The van der Waals surface area contributed by atoms with Gasteiger partial charge >= 0.3 is 0 Å². The quantitative estimate of drug-likeness (QED) is 0.819. The summed E-state index contributed by atoms with van der Waals surface area (Å²) in [6.45, 7) is 2.33. The van der Waals surface area contributed by atoms with Crippen LogP contribution in [0.3, 0.4) is 0 Å². The van der Waals surface area contributed by atoms with Crippen molar-refractivity contribution >= 4 is 0 Å². The lowest BCUT2D eigenvalue weighted by atomic mass is 10.1. The van der Waals surface area contributed by atoms with E-state index in [1.807, 2.05) is 24.5 Å². The van der Waals surface area contributed by atoms with Crippen molar-refractivity contribution in [2.75, 3.05) is 0 Å². The van der Waals surface area contributed by atoms with Crippen LogP contribution in [0.1, 0.15) is 16.7 Å². The first-order valence-corrected chi connectivity index (χ1v) is 5.76. The van der Waals surface area contributed by atoms with E-state index in [1.54, 1.807) is 0 Å². The van der Waals surface area contributed by atoms with Crippen LogP contribution in [-0.2, 0) is 19.6 Å². The van der Waals surface area contributed by atoms with Crippen LogP contribution < -0.4 is 11.1 Å². The van der Waals surface area contributed by atoms with Gasteiger partial charge in [-0.1, -0.05) is 24.3 Å². The molecule has 0 aliphatic carbocycles. The first-order chi connectivity index (χ1) is 8.38. The lowest BCUT2D eigenvalue weighted by Crippen LogP contribution is -2.12. The van der Waals surface area contributed by atoms with Gasteiger partial charge in [0.2, 0.25) is 0 Å². The summed E-state index contributed by atoms with van der Waals surface area (Å²) < 4.78 is 0. The first kappa shape index (κ1) is 11.8. The van der Waals surface area contributed by atoms with Gasteiger partial charge in [-0.05, 0) is 28.8 Å². The van der Waals surface area contributed by atoms with Crippen molar-refractivity contribution in [2.24, 2.45) is 5.73 Å². The maximum absolute atomic E-state index is 5.55. The number of hydrogen-bond acceptors (Lipinski definition) is 3. The van der Waals surface area contributed by atoms with E-state index in [0.29, 0.717) is 6.54 Å². The largest absolute Gasteiger partial charge is 0.326 e.